The van der Waals surface area contributed by atoms with Crippen molar-refractivity contribution in [1.29, 1.82) is 0 Å². The largest absolute Gasteiger partial charge is 0.351 e. The van der Waals surface area contributed by atoms with E-state index in [9.17, 15) is 4.79 Å². The van der Waals surface area contributed by atoms with Gasteiger partial charge >= 0.3 is 0 Å². The summed E-state index contributed by atoms with van der Waals surface area (Å²) in [7, 11) is 0. The normalized spacial score (nSPS) is 18.7. The van der Waals surface area contributed by atoms with Crippen molar-refractivity contribution in [1.82, 2.24) is 15.2 Å². The van der Waals surface area contributed by atoms with Crippen LogP contribution in [0, 0.1) is 0 Å². The highest BCUT2D eigenvalue weighted by molar-refractivity contribution is 8.00. The number of rotatable bonds is 6. The lowest BCUT2D eigenvalue weighted by Crippen LogP contribution is -2.47. The van der Waals surface area contributed by atoms with Crippen molar-refractivity contribution in [2.24, 2.45) is 0 Å². The zero-order valence-electron chi connectivity index (χ0n) is 13.0. The van der Waals surface area contributed by atoms with Gasteiger partial charge < -0.3 is 5.32 Å². The van der Waals surface area contributed by atoms with Crippen molar-refractivity contribution in [3.05, 3.63) is 46.9 Å². The first-order chi connectivity index (χ1) is 11.3. The number of thioether (sulfide) groups is 1. The maximum absolute atomic E-state index is 12.1. The van der Waals surface area contributed by atoms with Crippen LogP contribution < -0.4 is 5.32 Å². The molecule has 2 aromatic heterocycles. The molecule has 0 radical (unpaired) electrons. The second-order valence-corrected chi connectivity index (χ2v) is 7.77. The van der Waals surface area contributed by atoms with Gasteiger partial charge in [-0.1, -0.05) is 6.07 Å². The van der Waals surface area contributed by atoms with Crippen LogP contribution in [-0.2, 0) is 11.3 Å². The summed E-state index contributed by atoms with van der Waals surface area (Å²) in [5.41, 5.74) is 0. The monoisotopic (exact) mass is 347 g/mol. The van der Waals surface area contributed by atoms with Gasteiger partial charge in [-0.2, -0.15) is 0 Å². The first kappa shape index (κ1) is 16.5. The number of carbonyl (C=O) groups is 1. The number of amides is 1. The molecule has 1 unspecified atom stereocenters. The van der Waals surface area contributed by atoms with Gasteiger partial charge in [0.05, 0.1) is 5.75 Å². The molecule has 1 aliphatic rings. The van der Waals surface area contributed by atoms with Gasteiger partial charge in [0, 0.05) is 41.3 Å². The maximum atomic E-state index is 12.1. The van der Waals surface area contributed by atoms with Crippen LogP contribution in [0.4, 0.5) is 0 Å². The van der Waals surface area contributed by atoms with Crippen LogP contribution in [-0.4, -0.2) is 40.7 Å². The molecule has 1 fully saturated rings. The molecule has 0 spiro atoms. The summed E-state index contributed by atoms with van der Waals surface area (Å²) in [4.78, 5) is 21.0. The highest BCUT2D eigenvalue weighted by Gasteiger charge is 2.21. The summed E-state index contributed by atoms with van der Waals surface area (Å²) in [6.45, 7) is 3.06. The Labute approximate surface area is 145 Å². The zero-order chi connectivity index (χ0) is 15.9. The lowest BCUT2D eigenvalue weighted by Gasteiger charge is -2.32. The van der Waals surface area contributed by atoms with Gasteiger partial charge in [-0.15, -0.1) is 23.1 Å². The molecule has 1 amide bonds. The molecule has 1 saturated heterocycles. The standard InChI is InChI=1S/C17H21N3OS2/c21-17(13-23-15-5-7-18-8-6-15)19-14-3-1-9-20(11-14)12-16-4-2-10-22-16/h2,4-8,10,14H,1,3,9,11-13H2,(H,19,21). The molecule has 1 aliphatic heterocycles. The van der Waals surface area contributed by atoms with Gasteiger partial charge in [0.15, 0.2) is 0 Å². The molecule has 0 aliphatic carbocycles. The Balaban J connectivity index is 1.42. The summed E-state index contributed by atoms with van der Waals surface area (Å²) in [5, 5.41) is 5.30. The molecule has 4 nitrogen and oxygen atoms in total. The molecule has 1 atom stereocenters. The van der Waals surface area contributed by atoms with E-state index in [1.54, 1.807) is 35.5 Å². The third-order valence-electron chi connectivity index (χ3n) is 3.85. The summed E-state index contributed by atoms with van der Waals surface area (Å²) in [6.07, 6.45) is 5.73. The molecule has 2 aromatic rings. The lowest BCUT2D eigenvalue weighted by molar-refractivity contribution is -0.119. The minimum absolute atomic E-state index is 0.120. The van der Waals surface area contributed by atoms with E-state index in [0.717, 1.165) is 37.4 Å². The number of aromatic nitrogens is 1. The van der Waals surface area contributed by atoms with Crippen molar-refractivity contribution in [3.63, 3.8) is 0 Å². The zero-order valence-corrected chi connectivity index (χ0v) is 14.6. The fourth-order valence-electron chi connectivity index (χ4n) is 2.79. The van der Waals surface area contributed by atoms with E-state index in [2.05, 4.69) is 32.7 Å². The van der Waals surface area contributed by atoms with Gasteiger partial charge in [-0.25, -0.2) is 0 Å². The Hall–Kier alpha value is -1.37. The Morgan fingerprint density at radius 2 is 2.26 bits per heavy atom. The minimum Gasteiger partial charge on any atom is -0.351 e. The first-order valence-corrected chi connectivity index (χ1v) is 9.73. The molecule has 6 heteroatoms. The minimum atomic E-state index is 0.120. The van der Waals surface area contributed by atoms with Crippen LogP contribution >= 0.6 is 23.1 Å². The van der Waals surface area contributed by atoms with E-state index in [1.807, 2.05) is 12.1 Å². The van der Waals surface area contributed by atoms with Crippen LogP contribution in [0.15, 0.2) is 46.9 Å². The van der Waals surface area contributed by atoms with E-state index in [4.69, 9.17) is 0 Å². The average Bonchev–Trinajstić information content (AvgIpc) is 3.07. The Bertz CT molecular complexity index is 604. The van der Waals surface area contributed by atoms with E-state index in [0.29, 0.717) is 5.75 Å². The highest BCUT2D eigenvalue weighted by atomic mass is 32.2. The fraction of sp³-hybridized carbons (Fsp3) is 0.412. The highest BCUT2D eigenvalue weighted by Crippen LogP contribution is 2.18. The summed E-state index contributed by atoms with van der Waals surface area (Å²) < 4.78 is 0. The van der Waals surface area contributed by atoms with Crippen molar-refractivity contribution in [3.8, 4) is 0 Å². The summed E-state index contributed by atoms with van der Waals surface area (Å²) in [6, 6.07) is 8.41. The van der Waals surface area contributed by atoms with Gasteiger partial charge in [0.25, 0.3) is 0 Å². The topological polar surface area (TPSA) is 45.2 Å². The van der Waals surface area contributed by atoms with Crippen molar-refractivity contribution >= 4 is 29.0 Å². The molecule has 3 rings (SSSR count). The van der Waals surface area contributed by atoms with Crippen LogP contribution in [0.3, 0.4) is 0 Å². The SMILES string of the molecule is O=C(CSc1ccncc1)NC1CCCN(Cc2cccs2)C1. The van der Waals surface area contributed by atoms with Crippen LogP contribution in [0.2, 0.25) is 0 Å². The predicted molar refractivity (Wildman–Crippen MR) is 95.7 cm³/mol. The van der Waals surface area contributed by atoms with Crippen molar-refractivity contribution in [2.45, 2.75) is 30.3 Å². The van der Waals surface area contributed by atoms with E-state index in [-0.39, 0.29) is 11.9 Å². The Morgan fingerprint density at radius 3 is 3.04 bits per heavy atom. The molecule has 23 heavy (non-hydrogen) atoms. The molecule has 0 saturated carbocycles. The Kier molecular flexibility index (Phi) is 6.07. The van der Waals surface area contributed by atoms with E-state index in [1.165, 1.54) is 4.88 Å². The molecular formula is C17H21N3OS2. The van der Waals surface area contributed by atoms with E-state index >= 15 is 0 Å². The van der Waals surface area contributed by atoms with Crippen LogP contribution in [0.5, 0.6) is 0 Å². The van der Waals surface area contributed by atoms with Crippen LogP contribution in [0.25, 0.3) is 0 Å². The summed E-state index contributed by atoms with van der Waals surface area (Å²) in [5.74, 6) is 0.584. The van der Waals surface area contributed by atoms with Crippen LogP contribution in [0.1, 0.15) is 17.7 Å². The van der Waals surface area contributed by atoms with E-state index < -0.39 is 0 Å². The Morgan fingerprint density at radius 1 is 1.39 bits per heavy atom. The van der Waals surface area contributed by atoms with Crippen molar-refractivity contribution in [2.75, 3.05) is 18.8 Å². The average molecular weight is 348 g/mol. The second kappa shape index (κ2) is 8.47. The number of hydrogen-bond donors (Lipinski definition) is 1. The maximum Gasteiger partial charge on any atom is 0.230 e. The van der Waals surface area contributed by atoms with Gasteiger partial charge in [0.2, 0.25) is 5.91 Å². The smallest absolute Gasteiger partial charge is 0.230 e. The lowest BCUT2D eigenvalue weighted by atomic mass is 10.1. The molecular weight excluding hydrogens is 326 g/mol. The molecule has 1 N–H and O–H groups in total. The number of nitrogens with one attached hydrogen (secondary N) is 1. The number of hydrogen-bond acceptors (Lipinski definition) is 5. The van der Waals surface area contributed by atoms with Gasteiger partial charge in [-0.05, 0) is 43.0 Å². The fourth-order valence-corrected chi connectivity index (χ4v) is 4.23. The third kappa shape index (κ3) is 5.34. The molecule has 0 aromatic carbocycles. The quantitative estimate of drug-likeness (QED) is 0.816. The third-order valence-corrected chi connectivity index (χ3v) is 5.72. The number of likely N-dealkylation sites (tertiary alicyclic amines) is 1. The number of nitrogens with zero attached hydrogens (tertiary/aromatic N) is 2. The van der Waals surface area contributed by atoms with Crippen molar-refractivity contribution < 1.29 is 4.79 Å². The number of thiophene rings is 1. The number of carbonyl (C=O) groups excluding carboxylic acids is 1. The van der Waals surface area contributed by atoms with Gasteiger partial charge in [0.1, 0.15) is 0 Å². The number of piperidine rings is 1. The molecule has 122 valence electrons. The first-order valence-electron chi connectivity index (χ1n) is 7.86. The van der Waals surface area contributed by atoms with Gasteiger partial charge in [-0.3, -0.25) is 14.7 Å². The molecule has 0 bridgehead atoms. The number of pyridine rings is 1. The molecule has 3 heterocycles. The second-order valence-electron chi connectivity index (χ2n) is 5.69. The summed E-state index contributed by atoms with van der Waals surface area (Å²) >= 11 is 3.36. The predicted octanol–water partition coefficient (Wildman–Crippen LogP) is 3.02.